The Kier molecular flexibility index (Phi) is 9.09. The molecular weight excluding hydrogens is 531 g/mol. The molecular formula is C30H35IN2O. The lowest BCUT2D eigenvalue weighted by molar-refractivity contribution is -0.926. The minimum atomic E-state index is -0.116. The Bertz CT molecular complexity index is 1140. The van der Waals surface area contributed by atoms with Crippen LogP contribution in [0.2, 0.25) is 0 Å². The number of carbonyl (C=O) groups excluding carboxylic acids is 1. The second-order valence-electron chi connectivity index (χ2n) is 9.75. The fourth-order valence-corrected chi connectivity index (χ4v) is 4.78. The molecule has 0 aliphatic carbocycles. The monoisotopic (exact) mass is 566 g/mol. The third-order valence-corrected chi connectivity index (χ3v) is 6.70. The molecule has 1 heterocycles. The van der Waals surface area contributed by atoms with Crippen LogP contribution in [0.1, 0.15) is 41.5 Å². The number of benzene rings is 3. The number of likely N-dealkylation sites (tertiary alicyclic amines) is 1. The number of aryl methyl sites for hydroxylation is 2. The van der Waals surface area contributed by atoms with Gasteiger partial charge in [0, 0.05) is 17.3 Å². The van der Waals surface area contributed by atoms with Gasteiger partial charge >= 0.3 is 0 Å². The fourth-order valence-electron chi connectivity index (χ4n) is 4.78. The van der Waals surface area contributed by atoms with E-state index in [4.69, 9.17) is 0 Å². The van der Waals surface area contributed by atoms with E-state index in [2.05, 4.69) is 68.7 Å². The Balaban J connectivity index is 0.00000324. The molecule has 178 valence electrons. The van der Waals surface area contributed by atoms with Crippen molar-refractivity contribution in [3.63, 3.8) is 0 Å². The molecule has 1 aliphatic rings. The zero-order valence-corrected chi connectivity index (χ0v) is 22.6. The third kappa shape index (κ3) is 7.03. The lowest BCUT2D eigenvalue weighted by Crippen LogP contribution is -3.00. The summed E-state index contributed by atoms with van der Waals surface area (Å²) in [6.07, 6.45) is 7.49. The Morgan fingerprint density at radius 1 is 0.941 bits per heavy atom. The van der Waals surface area contributed by atoms with E-state index in [9.17, 15) is 4.79 Å². The Morgan fingerprint density at radius 2 is 1.68 bits per heavy atom. The highest BCUT2D eigenvalue weighted by Gasteiger charge is 2.24. The molecule has 1 aliphatic heterocycles. The minimum absolute atomic E-state index is 0. The summed E-state index contributed by atoms with van der Waals surface area (Å²) in [7, 11) is 2.36. The maximum Gasteiger partial charge on any atom is 0.248 e. The van der Waals surface area contributed by atoms with Crippen LogP contribution in [0.25, 0.3) is 17.2 Å². The van der Waals surface area contributed by atoms with E-state index in [1.807, 2.05) is 30.3 Å². The maximum atomic E-state index is 12.5. The summed E-state index contributed by atoms with van der Waals surface area (Å²) in [5, 5.41) is 2.98. The summed E-state index contributed by atoms with van der Waals surface area (Å²) in [6, 6.07) is 23.1. The molecule has 3 nitrogen and oxygen atoms in total. The van der Waals surface area contributed by atoms with Crippen LogP contribution in [0.5, 0.6) is 0 Å². The molecule has 0 bridgehead atoms. The topological polar surface area (TPSA) is 29.1 Å². The quantitative estimate of drug-likeness (QED) is 0.275. The first-order valence-corrected chi connectivity index (χ1v) is 12.0. The zero-order chi connectivity index (χ0) is 23.3. The number of hydrogen-bond donors (Lipinski definition) is 1. The molecule has 0 saturated carbocycles. The van der Waals surface area contributed by atoms with Crippen LogP contribution in [-0.4, -0.2) is 30.5 Å². The highest BCUT2D eigenvalue weighted by Crippen LogP contribution is 2.26. The molecule has 1 saturated heterocycles. The summed E-state index contributed by atoms with van der Waals surface area (Å²) in [5.41, 5.74) is 8.07. The molecule has 4 heteroatoms. The van der Waals surface area contributed by atoms with Gasteiger partial charge in [-0.2, -0.15) is 0 Å². The number of rotatable bonds is 6. The van der Waals surface area contributed by atoms with E-state index < -0.39 is 0 Å². The van der Waals surface area contributed by atoms with Gasteiger partial charge in [0.15, 0.2) is 0 Å². The van der Waals surface area contributed by atoms with Crippen molar-refractivity contribution in [1.29, 1.82) is 0 Å². The summed E-state index contributed by atoms with van der Waals surface area (Å²) in [5.74, 6) is -0.116. The van der Waals surface area contributed by atoms with Crippen molar-refractivity contribution >= 4 is 17.7 Å². The smallest absolute Gasteiger partial charge is 0.248 e. The van der Waals surface area contributed by atoms with Crippen LogP contribution >= 0.6 is 0 Å². The van der Waals surface area contributed by atoms with Gasteiger partial charge in [0.1, 0.15) is 6.54 Å². The van der Waals surface area contributed by atoms with E-state index in [0.717, 1.165) is 22.3 Å². The largest absolute Gasteiger partial charge is 1.00 e. The third-order valence-electron chi connectivity index (χ3n) is 6.70. The van der Waals surface area contributed by atoms with Crippen LogP contribution in [0.15, 0.2) is 72.8 Å². The van der Waals surface area contributed by atoms with Crippen LogP contribution in [0, 0.1) is 13.8 Å². The van der Waals surface area contributed by atoms with Gasteiger partial charge in [0.25, 0.3) is 0 Å². The average molecular weight is 567 g/mol. The molecule has 4 rings (SSSR count). The number of halogens is 1. The molecule has 3 aromatic carbocycles. The normalized spacial score (nSPS) is 15.0. The van der Waals surface area contributed by atoms with Crippen molar-refractivity contribution in [2.45, 2.75) is 39.7 Å². The molecule has 0 spiro atoms. The molecule has 0 atom stereocenters. The van der Waals surface area contributed by atoms with Crippen LogP contribution in [0.4, 0.5) is 5.69 Å². The lowest BCUT2D eigenvalue weighted by atomic mass is 9.97. The van der Waals surface area contributed by atoms with Gasteiger partial charge in [-0.15, -0.1) is 0 Å². The summed E-state index contributed by atoms with van der Waals surface area (Å²) in [6.45, 7) is 7.82. The predicted molar refractivity (Wildman–Crippen MR) is 139 cm³/mol. The van der Waals surface area contributed by atoms with E-state index in [-0.39, 0.29) is 29.9 Å². The van der Waals surface area contributed by atoms with Crippen molar-refractivity contribution in [3.8, 4) is 11.1 Å². The second-order valence-corrected chi connectivity index (χ2v) is 9.75. The molecule has 3 aromatic rings. The SMILES string of the molecule is Cc1ccc(C)c(-c2cccc(/C=C/C(=O)Nc3ccc(C[N+]4(C)CCCCC4)cc3)c2)c1.[I-]. The molecule has 0 aromatic heterocycles. The van der Waals surface area contributed by atoms with E-state index in [1.165, 1.54) is 60.2 Å². The minimum Gasteiger partial charge on any atom is -1.00 e. The van der Waals surface area contributed by atoms with Gasteiger partial charge in [-0.25, -0.2) is 0 Å². The lowest BCUT2D eigenvalue weighted by Gasteiger charge is -2.37. The molecule has 34 heavy (non-hydrogen) atoms. The number of anilines is 1. The summed E-state index contributed by atoms with van der Waals surface area (Å²) in [4.78, 5) is 12.5. The van der Waals surface area contributed by atoms with Crippen LogP contribution in [0.3, 0.4) is 0 Å². The number of nitrogens with zero attached hydrogens (tertiary/aromatic N) is 1. The summed E-state index contributed by atoms with van der Waals surface area (Å²) < 4.78 is 1.12. The van der Waals surface area contributed by atoms with Gasteiger partial charge in [0.2, 0.25) is 5.91 Å². The molecule has 1 fully saturated rings. The van der Waals surface area contributed by atoms with E-state index in [0.29, 0.717) is 0 Å². The van der Waals surface area contributed by atoms with Gasteiger partial charge < -0.3 is 33.8 Å². The van der Waals surface area contributed by atoms with Gasteiger partial charge in [-0.1, -0.05) is 54.1 Å². The van der Waals surface area contributed by atoms with Gasteiger partial charge in [-0.3, -0.25) is 4.79 Å². The number of carbonyl (C=O) groups is 1. The number of quaternary nitrogens is 1. The first-order chi connectivity index (χ1) is 15.9. The predicted octanol–water partition coefficient (Wildman–Crippen LogP) is 3.76. The maximum absolute atomic E-state index is 12.5. The first-order valence-electron chi connectivity index (χ1n) is 12.0. The molecule has 0 radical (unpaired) electrons. The fraction of sp³-hybridized carbons (Fsp3) is 0.300. The average Bonchev–Trinajstić information content (AvgIpc) is 2.81. The van der Waals surface area contributed by atoms with E-state index in [1.54, 1.807) is 6.08 Å². The number of piperidine rings is 1. The Hall–Kier alpha value is -2.44. The highest BCUT2D eigenvalue weighted by atomic mass is 127. The van der Waals surface area contributed by atoms with Gasteiger partial charge in [-0.05, 0) is 79.6 Å². The van der Waals surface area contributed by atoms with Crippen molar-refractivity contribution in [3.05, 3.63) is 95.1 Å². The Labute approximate surface area is 221 Å². The molecule has 1 amide bonds. The van der Waals surface area contributed by atoms with Crippen molar-refractivity contribution in [2.75, 3.05) is 25.5 Å². The molecule has 1 N–H and O–H groups in total. The van der Waals surface area contributed by atoms with Gasteiger partial charge in [0.05, 0.1) is 20.1 Å². The number of hydrogen-bond acceptors (Lipinski definition) is 1. The zero-order valence-electron chi connectivity index (χ0n) is 20.5. The van der Waals surface area contributed by atoms with Crippen LogP contribution < -0.4 is 29.3 Å². The first kappa shape index (κ1) is 26.2. The second kappa shape index (κ2) is 11.8. The summed E-state index contributed by atoms with van der Waals surface area (Å²) >= 11 is 0. The number of nitrogens with one attached hydrogen (secondary N) is 1. The van der Waals surface area contributed by atoms with E-state index >= 15 is 0 Å². The van der Waals surface area contributed by atoms with Crippen LogP contribution in [-0.2, 0) is 11.3 Å². The Morgan fingerprint density at radius 3 is 2.41 bits per heavy atom. The van der Waals surface area contributed by atoms with Crippen molar-refractivity contribution in [2.24, 2.45) is 0 Å². The number of amides is 1. The van der Waals surface area contributed by atoms with Crippen molar-refractivity contribution < 1.29 is 33.3 Å². The van der Waals surface area contributed by atoms with Crippen molar-refractivity contribution in [1.82, 2.24) is 0 Å². The molecule has 0 unspecified atom stereocenters. The standard InChI is InChI=1S/C30H34N2O.HI/c1-23-10-11-24(2)29(20-23)27-9-7-8-25(21-27)14-17-30(33)31-28-15-12-26(13-16-28)22-32(3)18-5-4-6-19-32;/h7-17,20-21H,4-6,18-19,22H2,1-3H3;1H/b17-14+;. The highest BCUT2D eigenvalue weighted by molar-refractivity contribution is 6.02.